The Hall–Kier alpha value is -3.40. The number of benzene rings is 1. The SMILES string of the molecule is CC(C)Nc1c(F)c(Cl)c(-c2cc(N)c3nc(NC(=O)[C@@H]4C[C@@H]4F)cn3c2)c2cn[nH]c12. The van der Waals surface area contributed by atoms with Gasteiger partial charge in [0.15, 0.2) is 17.3 Å². The molecule has 4 aromatic rings. The number of nitrogen functional groups attached to an aromatic ring is 1. The van der Waals surface area contributed by atoms with E-state index in [1.807, 2.05) is 13.8 Å². The summed E-state index contributed by atoms with van der Waals surface area (Å²) < 4.78 is 30.0. The Kier molecular flexibility index (Phi) is 4.70. The summed E-state index contributed by atoms with van der Waals surface area (Å²) in [5.41, 5.74) is 8.60. The summed E-state index contributed by atoms with van der Waals surface area (Å²) in [6.07, 6.45) is 3.94. The topological polar surface area (TPSA) is 113 Å². The lowest BCUT2D eigenvalue weighted by Gasteiger charge is -2.16. The van der Waals surface area contributed by atoms with Crippen LogP contribution < -0.4 is 16.4 Å². The first-order valence-corrected chi connectivity index (χ1v) is 10.5. The average Bonchev–Trinajstić information content (AvgIpc) is 3.11. The molecule has 5 rings (SSSR count). The monoisotopic (exact) mass is 459 g/mol. The van der Waals surface area contributed by atoms with Gasteiger partial charge in [-0.1, -0.05) is 11.6 Å². The van der Waals surface area contributed by atoms with Crippen molar-refractivity contribution >= 4 is 51.3 Å². The minimum absolute atomic E-state index is 0.0206. The molecule has 0 radical (unpaired) electrons. The van der Waals surface area contributed by atoms with Crippen molar-refractivity contribution < 1.29 is 13.6 Å². The normalized spacial score (nSPS) is 17.9. The smallest absolute Gasteiger partial charge is 0.231 e. The third kappa shape index (κ3) is 3.31. The number of hydrogen-bond donors (Lipinski definition) is 4. The molecule has 0 saturated heterocycles. The zero-order valence-corrected chi connectivity index (χ0v) is 18.0. The summed E-state index contributed by atoms with van der Waals surface area (Å²) >= 11 is 6.47. The molecule has 5 N–H and O–H groups in total. The number of amides is 1. The predicted molar refractivity (Wildman–Crippen MR) is 120 cm³/mol. The Morgan fingerprint density at radius 3 is 2.84 bits per heavy atom. The molecule has 0 bridgehead atoms. The van der Waals surface area contributed by atoms with E-state index in [1.165, 1.54) is 0 Å². The lowest BCUT2D eigenvalue weighted by molar-refractivity contribution is -0.117. The van der Waals surface area contributed by atoms with Crippen molar-refractivity contribution in [1.29, 1.82) is 0 Å². The number of anilines is 3. The van der Waals surface area contributed by atoms with Crippen LogP contribution in [0.2, 0.25) is 5.02 Å². The number of aromatic amines is 1. The quantitative estimate of drug-likeness (QED) is 0.354. The minimum atomic E-state index is -1.11. The van der Waals surface area contributed by atoms with E-state index in [-0.39, 0.29) is 29.0 Å². The molecular formula is C21H20ClF2N7O. The maximum atomic E-state index is 15.2. The number of carbonyl (C=O) groups excluding carboxylic acids is 1. The second-order valence-electron chi connectivity index (χ2n) is 8.22. The summed E-state index contributed by atoms with van der Waals surface area (Å²) in [6, 6.07) is 1.61. The summed E-state index contributed by atoms with van der Waals surface area (Å²) in [4.78, 5) is 16.3. The molecule has 0 aliphatic heterocycles. The molecule has 2 atom stereocenters. The Balaban J connectivity index is 1.61. The van der Waals surface area contributed by atoms with E-state index in [0.717, 1.165) is 0 Å². The van der Waals surface area contributed by atoms with Gasteiger partial charge in [-0.3, -0.25) is 9.89 Å². The van der Waals surface area contributed by atoms with Crippen LogP contribution in [0, 0.1) is 11.7 Å². The molecule has 8 nitrogen and oxygen atoms in total. The first-order valence-electron chi connectivity index (χ1n) is 10.1. The summed E-state index contributed by atoms with van der Waals surface area (Å²) in [6.45, 7) is 3.79. The number of H-pyrrole nitrogens is 1. The second-order valence-corrected chi connectivity index (χ2v) is 8.60. The van der Waals surface area contributed by atoms with E-state index in [0.29, 0.717) is 33.4 Å². The van der Waals surface area contributed by atoms with E-state index in [9.17, 15) is 9.18 Å². The Morgan fingerprint density at radius 2 is 2.16 bits per heavy atom. The number of nitrogens with zero attached hydrogens (tertiary/aromatic N) is 3. The van der Waals surface area contributed by atoms with Gasteiger partial charge >= 0.3 is 0 Å². The summed E-state index contributed by atoms with van der Waals surface area (Å²) in [7, 11) is 0. The van der Waals surface area contributed by atoms with Gasteiger partial charge < -0.3 is 20.8 Å². The number of aromatic nitrogens is 4. The van der Waals surface area contributed by atoms with E-state index < -0.39 is 23.8 Å². The standard InChI is InChI=1S/C21H20ClF2N7O/c1-8(2)27-19-17(24)16(22)15(11-5-26-30-18(11)19)9-3-13(25)20-28-14(7-31(20)6-9)29-21(32)10-4-12(10)23/h3,5-8,10,12,27H,4,25H2,1-2H3,(H,26,30)(H,29,32)/t10-,12+/m1/s1. The number of halogens is 3. The van der Waals surface area contributed by atoms with Crippen molar-refractivity contribution in [2.75, 3.05) is 16.4 Å². The molecule has 1 aliphatic rings. The average molecular weight is 460 g/mol. The van der Waals surface area contributed by atoms with Gasteiger partial charge in [0, 0.05) is 28.8 Å². The van der Waals surface area contributed by atoms with Crippen LogP contribution >= 0.6 is 11.6 Å². The van der Waals surface area contributed by atoms with Crippen molar-refractivity contribution in [2.24, 2.45) is 5.92 Å². The highest BCUT2D eigenvalue weighted by Crippen LogP contribution is 2.42. The molecule has 1 amide bonds. The van der Waals surface area contributed by atoms with E-state index in [2.05, 4.69) is 25.8 Å². The molecule has 3 heterocycles. The number of alkyl halides is 1. The van der Waals surface area contributed by atoms with Crippen LogP contribution in [0.15, 0.2) is 24.7 Å². The second kappa shape index (κ2) is 7.33. The van der Waals surface area contributed by atoms with Crippen LogP contribution in [0.25, 0.3) is 27.7 Å². The van der Waals surface area contributed by atoms with Gasteiger partial charge in [0.1, 0.15) is 6.17 Å². The molecule has 0 spiro atoms. The van der Waals surface area contributed by atoms with Crippen LogP contribution in [0.1, 0.15) is 20.3 Å². The number of nitrogens with one attached hydrogen (secondary N) is 3. The Bertz CT molecular complexity index is 1380. The molecule has 11 heteroatoms. The molecule has 0 unspecified atom stereocenters. The molecule has 166 valence electrons. The number of rotatable bonds is 5. The number of carbonyl (C=O) groups is 1. The van der Waals surface area contributed by atoms with Crippen LogP contribution in [0.4, 0.5) is 26.0 Å². The first kappa shape index (κ1) is 20.5. The number of fused-ring (bicyclic) bond motifs is 2. The van der Waals surface area contributed by atoms with Gasteiger partial charge in [-0.15, -0.1) is 0 Å². The van der Waals surface area contributed by atoms with Crippen LogP contribution in [-0.2, 0) is 4.79 Å². The predicted octanol–water partition coefficient (Wildman–Crippen LogP) is 4.37. The van der Waals surface area contributed by atoms with Gasteiger partial charge in [0.2, 0.25) is 5.91 Å². The largest absolute Gasteiger partial charge is 0.396 e. The third-order valence-electron chi connectivity index (χ3n) is 5.39. The van der Waals surface area contributed by atoms with Gasteiger partial charge in [-0.2, -0.15) is 5.10 Å². The highest BCUT2D eigenvalue weighted by Gasteiger charge is 2.43. The van der Waals surface area contributed by atoms with Gasteiger partial charge in [0.25, 0.3) is 0 Å². The van der Waals surface area contributed by atoms with Crippen molar-refractivity contribution in [3.05, 3.63) is 35.5 Å². The fraction of sp³-hybridized carbons (Fsp3) is 0.286. The minimum Gasteiger partial charge on any atom is -0.396 e. The fourth-order valence-corrected chi connectivity index (χ4v) is 4.10. The van der Waals surface area contributed by atoms with E-state index >= 15 is 4.39 Å². The molecule has 1 aromatic carbocycles. The molecular weight excluding hydrogens is 440 g/mol. The van der Waals surface area contributed by atoms with Gasteiger partial charge in [0.05, 0.1) is 40.2 Å². The highest BCUT2D eigenvalue weighted by molar-refractivity contribution is 6.36. The number of imidazole rings is 1. The maximum absolute atomic E-state index is 15.2. The zero-order chi connectivity index (χ0) is 22.7. The van der Waals surface area contributed by atoms with Crippen molar-refractivity contribution in [3.8, 4) is 11.1 Å². The number of hydrogen-bond acceptors (Lipinski definition) is 5. The van der Waals surface area contributed by atoms with Crippen LogP contribution in [0.5, 0.6) is 0 Å². The first-order chi connectivity index (χ1) is 15.2. The van der Waals surface area contributed by atoms with Crippen LogP contribution in [0.3, 0.4) is 0 Å². The van der Waals surface area contributed by atoms with Crippen molar-refractivity contribution in [2.45, 2.75) is 32.5 Å². The molecule has 3 aromatic heterocycles. The summed E-state index contributed by atoms with van der Waals surface area (Å²) in [5, 5.41) is 13.1. The maximum Gasteiger partial charge on any atom is 0.231 e. The van der Waals surface area contributed by atoms with Gasteiger partial charge in [-0.25, -0.2) is 13.8 Å². The molecule has 1 saturated carbocycles. The Labute approximate surface area is 186 Å². The van der Waals surface area contributed by atoms with E-state index in [4.69, 9.17) is 17.3 Å². The molecule has 32 heavy (non-hydrogen) atoms. The lowest BCUT2D eigenvalue weighted by atomic mass is 10.0. The van der Waals surface area contributed by atoms with Crippen molar-refractivity contribution in [1.82, 2.24) is 19.6 Å². The number of pyridine rings is 1. The zero-order valence-electron chi connectivity index (χ0n) is 17.2. The van der Waals surface area contributed by atoms with Crippen LogP contribution in [-0.4, -0.2) is 37.7 Å². The molecule has 1 fully saturated rings. The highest BCUT2D eigenvalue weighted by atomic mass is 35.5. The lowest BCUT2D eigenvalue weighted by Crippen LogP contribution is -2.15. The van der Waals surface area contributed by atoms with Gasteiger partial charge in [-0.05, 0) is 26.3 Å². The fourth-order valence-electron chi connectivity index (χ4n) is 3.80. The number of nitrogens with two attached hydrogens (primary N) is 1. The Morgan fingerprint density at radius 1 is 1.41 bits per heavy atom. The van der Waals surface area contributed by atoms with Crippen molar-refractivity contribution in [3.63, 3.8) is 0 Å². The summed E-state index contributed by atoms with van der Waals surface area (Å²) in [5.74, 6) is -1.41. The third-order valence-corrected chi connectivity index (χ3v) is 5.75. The van der Waals surface area contributed by atoms with E-state index in [1.54, 1.807) is 29.1 Å². The molecule has 1 aliphatic carbocycles.